The molecule has 1 aromatic carbocycles. The van der Waals surface area contributed by atoms with E-state index in [1.165, 1.54) is 30.4 Å². The third kappa shape index (κ3) is 4.68. The second kappa shape index (κ2) is 7.96. The quantitative estimate of drug-likeness (QED) is 0.409. The molecule has 0 saturated heterocycles. The molecular formula is C18H21NO6. The number of phenolic OH excluding ortho intramolecular Hbond substituents is 1. The van der Waals surface area contributed by atoms with Gasteiger partial charge >= 0.3 is 5.97 Å². The number of ether oxygens (including phenoxy) is 1. The average Bonchev–Trinajstić information content (AvgIpc) is 2.52. The van der Waals surface area contributed by atoms with Gasteiger partial charge in [-0.3, -0.25) is 4.79 Å². The number of nitrogens with two attached hydrogens (primary N) is 1. The molecule has 134 valence electrons. The lowest BCUT2D eigenvalue weighted by Crippen LogP contribution is -2.32. The van der Waals surface area contributed by atoms with Crippen LogP contribution in [0.2, 0.25) is 0 Å². The molecule has 25 heavy (non-hydrogen) atoms. The highest BCUT2D eigenvalue weighted by molar-refractivity contribution is 5.97. The van der Waals surface area contributed by atoms with Gasteiger partial charge in [0.05, 0.1) is 6.10 Å². The van der Waals surface area contributed by atoms with Crippen molar-refractivity contribution in [3.63, 3.8) is 0 Å². The Hall–Kier alpha value is -2.64. The van der Waals surface area contributed by atoms with Crippen molar-refractivity contribution >= 4 is 23.5 Å². The van der Waals surface area contributed by atoms with Crippen LogP contribution >= 0.6 is 0 Å². The molecule has 7 heteroatoms. The van der Waals surface area contributed by atoms with Gasteiger partial charge in [0.2, 0.25) is 0 Å². The molecule has 1 aliphatic rings. The van der Waals surface area contributed by atoms with Gasteiger partial charge in [0, 0.05) is 18.2 Å². The summed E-state index contributed by atoms with van der Waals surface area (Å²) in [5.41, 5.74) is 6.22. The number of phenols is 1. The van der Waals surface area contributed by atoms with Crippen molar-refractivity contribution in [3.05, 3.63) is 41.5 Å². The summed E-state index contributed by atoms with van der Waals surface area (Å²) in [5.74, 6) is -1.66. The fraction of sp³-hybridized carbons (Fsp3) is 0.333. The number of cyclic esters (lactones) is 1. The molecule has 2 rings (SSSR count). The van der Waals surface area contributed by atoms with Crippen molar-refractivity contribution in [1.29, 1.82) is 0 Å². The first kappa shape index (κ1) is 18.7. The topological polar surface area (TPSA) is 130 Å². The van der Waals surface area contributed by atoms with E-state index in [1.54, 1.807) is 6.92 Å². The van der Waals surface area contributed by atoms with E-state index < -0.39 is 30.1 Å². The van der Waals surface area contributed by atoms with Gasteiger partial charge in [-0.15, -0.1) is 0 Å². The number of nitrogen functional groups attached to an aromatic ring is 1. The van der Waals surface area contributed by atoms with E-state index in [-0.39, 0.29) is 29.8 Å². The molecule has 0 spiro atoms. The maximum absolute atomic E-state index is 12.4. The summed E-state index contributed by atoms with van der Waals surface area (Å²) in [7, 11) is 0. The van der Waals surface area contributed by atoms with Gasteiger partial charge in [-0.2, -0.15) is 0 Å². The average molecular weight is 347 g/mol. The van der Waals surface area contributed by atoms with Crippen molar-refractivity contribution in [2.75, 3.05) is 5.73 Å². The van der Waals surface area contributed by atoms with E-state index in [9.17, 15) is 24.9 Å². The van der Waals surface area contributed by atoms with Crippen LogP contribution in [-0.4, -0.2) is 45.4 Å². The minimum Gasteiger partial charge on any atom is -0.507 e. The smallest absolute Gasteiger partial charge is 0.342 e. The fourth-order valence-corrected chi connectivity index (χ4v) is 2.44. The first-order valence-electron chi connectivity index (χ1n) is 7.86. The lowest BCUT2D eigenvalue weighted by Gasteiger charge is -2.16. The molecule has 0 radical (unpaired) electrons. The van der Waals surface area contributed by atoms with Crippen LogP contribution in [0.3, 0.4) is 0 Å². The molecular weight excluding hydrogens is 326 g/mol. The van der Waals surface area contributed by atoms with E-state index in [0.29, 0.717) is 5.56 Å². The standard InChI is InChI=1S/C18H21NO6/c1-10-4-2-6-13(20)17(23)14(21)7-3-5-11-8-12(19)9-15(22)16(11)18(24)25-10/h2-3,5-6,8-10,14,17,21-23H,4,7,19H2,1H3/b5-3+,6-2-/t10-,14?,17?/m0/s1. The molecule has 0 aromatic heterocycles. The number of aliphatic hydroxyl groups is 2. The number of rotatable bonds is 0. The third-order valence-electron chi connectivity index (χ3n) is 3.76. The highest BCUT2D eigenvalue weighted by Crippen LogP contribution is 2.28. The molecule has 0 saturated carbocycles. The van der Waals surface area contributed by atoms with E-state index in [0.717, 1.165) is 6.08 Å². The van der Waals surface area contributed by atoms with Crippen molar-refractivity contribution in [1.82, 2.24) is 0 Å². The Labute approximate surface area is 145 Å². The normalized spacial score (nSPS) is 27.7. The first-order chi connectivity index (χ1) is 11.8. The third-order valence-corrected chi connectivity index (χ3v) is 3.76. The minimum atomic E-state index is -1.55. The molecule has 0 aliphatic carbocycles. The van der Waals surface area contributed by atoms with Crippen molar-refractivity contribution < 1.29 is 29.6 Å². The Kier molecular flexibility index (Phi) is 5.95. The molecule has 0 fully saturated rings. The number of esters is 1. The van der Waals surface area contributed by atoms with E-state index >= 15 is 0 Å². The highest BCUT2D eigenvalue weighted by Gasteiger charge is 2.23. The highest BCUT2D eigenvalue weighted by atomic mass is 16.5. The number of ketones is 1. The Morgan fingerprint density at radius 1 is 1.12 bits per heavy atom. The van der Waals surface area contributed by atoms with Gasteiger partial charge in [-0.1, -0.05) is 18.2 Å². The summed E-state index contributed by atoms with van der Waals surface area (Å²) in [6, 6.07) is 2.73. The second-order valence-electron chi connectivity index (χ2n) is 5.91. The predicted molar refractivity (Wildman–Crippen MR) is 91.8 cm³/mol. The molecule has 0 bridgehead atoms. The molecule has 7 nitrogen and oxygen atoms in total. The Morgan fingerprint density at radius 2 is 1.80 bits per heavy atom. The zero-order chi connectivity index (χ0) is 18.6. The number of carbonyl (C=O) groups is 2. The number of hydrogen-bond acceptors (Lipinski definition) is 7. The van der Waals surface area contributed by atoms with Crippen LogP contribution < -0.4 is 5.73 Å². The monoisotopic (exact) mass is 347 g/mol. The first-order valence-corrected chi connectivity index (χ1v) is 7.86. The summed E-state index contributed by atoms with van der Waals surface area (Å²) in [6.07, 6.45) is 2.37. The minimum absolute atomic E-state index is 0.0266. The van der Waals surface area contributed by atoms with Gasteiger partial charge in [0.15, 0.2) is 5.78 Å². The van der Waals surface area contributed by atoms with Crippen LogP contribution in [0.15, 0.2) is 30.4 Å². The predicted octanol–water partition coefficient (Wildman–Crippen LogP) is 1.17. The maximum atomic E-state index is 12.4. The van der Waals surface area contributed by atoms with E-state index in [2.05, 4.69) is 0 Å². The van der Waals surface area contributed by atoms with Gasteiger partial charge < -0.3 is 25.8 Å². The zero-order valence-electron chi connectivity index (χ0n) is 13.8. The largest absolute Gasteiger partial charge is 0.507 e. The summed E-state index contributed by atoms with van der Waals surface area (Å²) in [6.45, 7) is 1.63. The number of aliphatic hydroxyl groups excluding tert-OH is 2. The maximum Gasteiger partial charge on any atom is 0.342 e. The van der Waals surface area contributed by atoms with Gasteiger partial charge in [0.25, 0.3) is 0 Å². The van der Waals surface area contributed by atoms with Crippen molar-refractivity contribution in [2.24, 2.45) is 0 Å². The second-order valence-corrected chi connectivity index (χ2v) is 5.91. The molecule has 3 atom stereocenters. The summed E-state index contributed by atoms with van der Waals surface area (Å²) < 4.78 is 5.28. The summed E-state index contributed by atoms with van der Waals surface area (Å²) >= 11 is 0. The Bertz CT molecular complexity index is 725. The molecule has 0 amide bonds. The number of benzene rings is 1. The number of hydrogen-bond donors (Lipinski definition) is 4. The number of carbonyl (C=O) groups excluding carboxylic acids is 2. The van der Waals surface area contributed by atoms with Crippen LogP contribution in [0.4, 0.5) is 5.69 Å². The molecule has 5 N–H and O–H groups in total. The van der Waals surface area contributed by atoms with Gasteiger partial charge in [-0.05, 0) is 31.1 Å². The van der Waals surface area contributed by atoms with E-state index in [4.69, 9.17) is 10.5 Å². The number of aromatic hydroxyl groups is 1. The van der Waals surface area contributed by atoms with E-state index in [1.807, 2.05) is 0 Å². The lowest BCUT2D eigenvalue weighted by molar-refractivity contribution is -0.127. The summed E-state index contributed by atoms with van der Waals surface area (Å²) in [4.78, 5) is 24.1. The Morgan fingerprint density at radius 3 is 2.52 bits per heavy atom. The van der Waals surface area contributed by atoms with Crippen molar-refractivity contribution in [2.45, 2.75) is 38.1 Å². The van der Waals surface area contributed by atoms with Crippen LogP contribution in [0.1, 0.15) is 35.7 Å². The van der Waals surface area contributed by atoms with Crippen LogP contribution in [-0.2, 0) is 9.53 Å². The summed E-state index contributed by atoms with van der Waals surface area (Å²) in [5, 5.41) is 29.8. The molecule has 1 aliphatic heterocycles. The van der Waals surface area contributed by atoms with Crippen LogP contribution in [0.5, 0.6) is 5.75 Å². The fourth-order valence-electron chi connectivity index (χ4n) is 2.44. The number of anilines is 1. The number of fused-ring (bicyclic) bond motifs is 1. The SMILES string of the molecule is C[C@H]1C/C=C\C(=O)C(O)C(O)C/C=C/c2cc(N)cc(O)c2C(=O)O1. The molecule has 2 unspecified atom stereocenters. The van der Waals surface area contributed by atoms with Crippen molar-refractivity contribution in [3.8, 4) is 5.75 Å². The van der Waals surface area contributed by atoms with Gasteiger partial charge in [0.1, 0.15) is 23.5 Å². The zero-order valence-corrected chi connectivity index (χ0v) is 13.8. The molecule has 1 aromatic rings. The van der Waals surface area contributed by atoms with Crippen LogP contribution in [0.25, 0.3) is 6.08 Å². The van der Waals surface area contributed by atoms with Gasteiger partial charge in [-0.25, -0.2) is 4.79 Å². The lowest BCUT2D eigenvalue weighted by atomic mass is 10.0. The molecule has 1 heterocycles. The van der Waals surface area contributed by atoms with Crippen LogP contribution in [0, 0.1) is 0 Å². The Balaban J connectivity index is 2.43.